The quantitative estimate of drug-likeness (QED) is 0.690. The molecule has 1 aromatic heterocycles. The maximum absolute atomic E-state index is 10.9. The number of pyridine rings is 1. The van der Waals surface area contributed by atoms with Crippen LogP contribution in [0.25, 0.3) is 0 Å². The van der Waals surface area contributed by atoms with Crippen molar-refractivity contribution in [3.05, 3.63) is 52.7 Å². The van der Waals surface area contributed by atoms with E-state index < -0.39 is 4.92 Å². The van der Waals surface area contributed by atoms with Crippen molar-refractivity contribution in [3.8, 4) is 0 Å². The molecule has 0 aliphatic carbocycles. The van der Waals surface area contributed by atoms with Crippen molar-refractivity contribution >= 4 is 29.0 Å². The highest BCUT2D eigenvalue weighted by Crippen LogP contribution is 2.27. The number of aromatic nitrogens is 1. The summed E-state index contributed by atoms with van der Waals surface area (Å²) in [5.74, 6) is -0.123. The van der Waals surface area contributed by atoms with Crippen molar-refractivity contribution in [2.75, 3.05) is 5.32 Å². The molecule has 0 atom stereocenters. The van der Waals surface area contributed by atoms with Crippen LogP contribution in [0.2, 0.25) is 0 Å². The predicted octanol–water partition coefficient (Wildman–Crippen LogP) is 3.10. The molecule has 0 unspecified atom stereocenters. The van der Waals surface area contributed by atoms with Gasteiger partial charge >= 0.3 is 0 Å². The number of nitrogens with one attached hydrogen (secondary N) is 1. The van der Waals surface area contributed by atoms with Gasteiger partial charge in [-0.25, -0.2) is 4.98 Å². The minimum absolute atomic E-state index is 0.0321. The number of rotatable bonds is 4. The summed E-state index contributed by atoms with van der Waals surface area (Å²) in [7, 11) is 0. The third-order valence-corrected chi connectivity index (χ3v) is 3.29. The summed E-state index contributed by atoms with van der Waals surface area (Å²) < 4.78 is 0. The van der Waals surface area contributed by atoms with Gasteiger partial charge in [-0.1, -0.05) is 11.8 Å². The van der Waals surface area contributed by atoms with E-state index in [9.17, 15) is 14.9 Å². The maximum Gasteiger partial charge on any atom is 0.287 e. The lowest BCUT2D eigenvalue weighted by Gasteiger charge is -2.04. The molecule has 1 amide bonds. The molecule has 102 valence electrons. The third kappa shape index (κ3) is 3.79. The highest BCUT2D eigenvalue weighted by Gasteiger charge is 2.06. The fraction of sp³-hybridized carbons (Fsp3) is 0.0769. The average molecular weight is 289 g/mol. The number of nitrogens with zero attached hydrogens (tertiary/aromatic N) is 2. The largest absolute Gasteiger partial charge is 0.326 e. The Kier molecular flexibility index (Phi) is 4.31. The Morgan fingerprint density at radius 2 is 1.95 bits per heavy atom. The summed E-state index contributed by atoms with van der Waals surface area (Å²) in [5, 5.41) is 13.9. The fourth-order valence-electron chi connectivity index (χ4n) is 1.47. The molecule has 1 N–H and O–H groups in total. The smallest absolute Gasteiger partial charge is 0.287 e. The molecule has 20 heavy (non-hydrogen) atoms. The molecule has 0 bridgehead atoms. The van der Waals surface area contributed by atoms with Crippen LogP contribution in [0.5, 0.6) is 0 Å². The minimum atomic E-state index is -0.482. The van der Waals surface area contributed by atoms with Gasteiger partial charge < -0.3 is 5.32 Å². The van der Waals surface area contributed by atoms with Gasteiger partial charge in [-0.2, -0.15) is 0 Å². The van der Waals surface area contributed by atoms with Crippen LogP contribution in [0.1, 0.15) is 6.92 Å². The minimum Gasteiger partial charge on any atom is -0.326 e. The van der Waals surface area contributed by atoms with Crippen LogP contribution in [0.3, 0.4) is 0 Å². The lowest BCUT2D eigenvalue weighted by Crippen LogP contribution is -2.05. The van der Waals surface area contributed by atoms with E-state index in [4.69, 9.17) is 0 Å². The Balaban J connectivity index is 2.06. The molecule has 0 fully saturated rings. The standard InChI is InChI=1S/C13H11N3O3S/c1-9(17)15-10-2-5-12(6-3-10)20-13-7-4-11(8-14-13)16(18)19/h2-8H,1H3,(H,15,17). The van der Waals surface area contributed by atoms with Crippen molar-refractivity contribution < 1.29 is 9.72 Å². The van der Waals surface area contributed by atoms with Crippen molar-refractivity contribution in [2.45, 2.75) is 16.8 Å². The van der Waals surface area contributed by atoms with E-state index in [-0.39, 0.29) is 11.6 Å². The van der Waals surface area contributed by atoms with Crippen molar-refractivity contribution in [3.63, 3.8) is 0 Å². The first-order valence-electron chi connectivity index (χ1n) is 5.70. The summed E-state index contributed by atoms with van der Waals surface area (Å²) in [4.78, 5) is 25.9. The lowest BCUT2D eigenvalue weighted by molar-refractivity contribution is -0.385. The summed E-state index contributed by atoms with van der Waals surface area (Å²) in [6.45, 7) is 1.45. The number of hydrogen-bond acceptors (Lipinski definition) is 5. The molecule has 0 spiro atoms. The highest BCUT2D eigenvalue weighted by atomic mass is 32.2. The monoisotopic (exact) mass is 289 g/mol. The predicted molar refractivity (Wildman–Crippen MR) is 75.8 cm³/mol. The van der Waals surface area contributed by atoms with Crippen LogP contribution in [0, 0.1) is 10.1 Å². The Morgan fingerprint density at radius 3 is 2.45 bits per heavy atom. The van der Waals surface area contributed by atoms with Gasteiger partial charge in [-0.05, 0) is 30.3 Å². The number of carbonyl (C=O) groups excluding carboxylic acids is 1. The second-order valence-corrected chi connectivity index (χ2v) is 5.01. The zero-order chi connectivity index (χ0) is 14.5. The topological polar surface area (TPSA) is 85.1 Å². The van der Waals surface area contributed by atoms with Gasteiger partial charge in [0.25, 0.3) is 5.69 Å². The highest BCUT2D eigenvalue weighted by molar-refractivity contribution is 7.99. The summed E-state index contributed by atoms with van der Waals surface area (Å²) in [6, 6.07) is 10.3. The number of nitro groups is 1. The molecule has 0 aliphatic rings. The van der Waals surface area contributed by atoms with E-state index in [0.29, 0.717) is 5.03 Å². The molecule has 0 saturated heterocycles. The van der Waals surface area contributed by atoms with E-state index in [1.807, 2.05) is 12.1 Å². The molecule has 0 aliphatic heterocycles. The van der Waals surface area contributed by atoms with E-state index in [1.54, 1.807) is 18.2 Å². The van der Waals surface area contributed by atoms with Gasteiger partial charge in [0.05, 0.1) is 4.92 Å². The second-order valence-electron chi connectivity index (χ2n) is 3.92. The van der Waals surface area contributed by atoms with Crippen LogP contribution in [-0.4, -0.2) is 15.8 Å². The van der Waals surface area contributed by atoms with E-state index in [0.717, 1.165) is 10.6 Å². The number of hydrogen-bond donors (Lipinski definition) is 1. The van der Waals surface area contributed by atoms with Gasteiger partial charge in [-0.15, -0.1) is 0 Å². The Hall–Kier alpha value is -2.41. The molecular formula is C13H11N3O3S. The first-order chi connectivity index (χ1) is 9.54. The number of anilines is 1. The van der Waals surface area contributed by atoms with Gasteiger partial charge in [0.2, 0.25) is 5.91 Å². The van der Waals surface area contributed by atoms with Gasteiger partial charge in [0.1, 0.15) is 11.2 Å². The Morgan fingerprint density at radius 1 is 1.25 bits per heavy atom. The van der Waals surface area contributed by atoms with Crippen LogP contribution < -0.4 is 5.32 Å². The van der Waals surface area contributed by atoms with Crippen molar-refractivity contribution in [1.29, 1.82) is 0 Å². The van der Waals surface area contributed by atoms with Gasteiger partial charge in [-0.3, -0.25) is 14.9 Å². The zero-order valence-electron chi connectivity index (χ0n) is 10.6. The third-order valence-electron chi connectivity index (χ3n) is 2.33. The first-order valence-corrected chi connectivity index (χ1v) is 6.52. The summed E-state index contributed by atoms with van der Waals surface area (Å²) in [5.41, 5.74) is 0.689. The Labute approximate surface area is 119 Å². The first kappa shape index (κ1) is 14.0. The van der Waals surface area contributed by atoms with Crippen molar-refractivity contribution in [2.24, 2.45) is 0 Å². The van der Waals surface area contributed by atoms with Crippen molar-refractivity contribution in [1.82, 2.24) is 4.98 Å². The van der Waals surface area contributed by atoms with E-state index in [2.05, 4.69) is 10.3 Å². The maximum atomic E-state index is 10.9. The van der Waals surface area contributed by atoms with Crippen LogP contribution in [-0.2, 0) is 4.79 Å². The van der Waals surface area contributed by atoms with Crippen LogP contribution >= 0.6 is 11.8 Å². The molecule has 6 nitrogen and oxygen atoms in total. The van der Waals surface area contributed by atoms with Crippen LogP contribution in [0.15, 0.2) is 52.5 Å². The zero-order valence-corrected chi connectivity index (χ0v) is 11.4. The molecule has 2 aromatic rings. The Bertz CT molecular complexity index is 626. The molecular weight excluding hydrogens is 278 g/mol. The normalized spacial score (nSPS) is 10.1. The number of amides is 1. The lowest BCUT2D eigenvalue weighted by atomic mass is 10.3. The van der Waals surface area contributed by atoms with Gasteiger partial charge in [0.15, 0.2) is 0 Å². The number of carbonyl (C=O) groups is 1. The second kappa shape index (κ2) is 6.16. The average Bonchev–Trinajstić information content (AvgIpc) is 2.41. The molecule has 0 radical (unpaired) electrons. The fourth-order valence-corrected chi connectivity index (χ4v) is 2.23. The van der Waals surface area contributed by atoms with Gasteiger partial charge in [0, 0.05) is 23.6 Å². The van der Waals surface area contributed by atoms with E-state index >= 15 is 0 Å². The molecule has 1 aromatic carbocycles. The van der Waals surface area contributed by atoms with Crippen LogP contribution in [0.4, 0.5) is 11.4 Å². The molecule has 0 saturated carbocycles. The molecule has 7 heteroatoms. The SMILES string of the molecule is CC(=O)Nc1ccc(Sc2ccc([N+](=O)[O-])cn2)cc1. The molecule has 1 heterocycles. The van der Waals surface area contributed by atoms with E-state index in [1.165, 1.54) is 30.9 Å². The summed E-state index contributed by atoms with van der Waals surface area (Å²) in [6.07, 6.45) is 1.23. The summed E-state index contributed by atoms with van der Waals surface area (Å²) >= 11 is 1.39. The number of benzene rings is 1. The molecule has 2 rings (SSSR count).